The molecule has 5 rings (SSSR count). The third-order valence-electron chi connectivity index (χ3n) is 6.19. The first-order valence-corrected chi connectivity index (χ1v) is 12.8. The maximum absolute atomic E-state index is 4.88. The third-order valence-corrected chi connectivity index (χ3v) is 8.80. The molecule has 1 atom stereocenters. The van der Waals surface area contributed by atoms with Gasteiger partial charge < -0.3 is 4.90 Å². The van der Waals surface area contributed by atoms with Crippen molar-refractivity contribution >= 4 is 58.2 Å². The van der Waals surface area contributed by atoms with Crippen molar-refractivity contribution < 1.29 is 0 Å². The minimum Gasteiger partial charge on any atom is -0.366 e. The summed E-state index contributed by atoms with van der Waals surface area (Å²) < 4.78 is 0. The number of hydrogen-bond donors (Lipinski definition) is 0. The van der Waals surface area contributed by atoms with Crippen LogP contribution in [0.1, 0.15) is 24.5 Å². The second kappa shape index (κ2) is 11.2. The molecule has 0 unspecified atom stereocenters. The zero-order valence-corrected chi connectivity index (χ0v) is 21.6. The number of piperazine rings is 1. The van der Waals surface area contributed by atoms with E-state index < -0.39 is 0 Å². The summed E-state index contributed by atoms with van der Waals surface area (Å²) in [6.07, 6.45) is 6.61. The van der Waals surface area contributed by atoms with Gasteiger partial charge in [-0.25, -0.2) is 0 Å². The van der Waals surface area contributed by atoms with Crippen LogP contribution in [0.2, 0.25) is 0 Å². The number of likely N-dealkylation sites (N-methyl/N-ethyl adjacent to an activating group) is 1. The van der Waals surface area contributed by atoms with Crippen molar-refractivity contribution in [1.82, 2.24) is 9.88 Å². The van der Waals surface area contributed by atoms with Crippen LogP contribution >= 0.6 is 46.4 Å². The lowest BCUT2D eigenvalue weighted by Crippen LogP contribution is -2.51. The third kappa shape index (κ3) is 5.07. The number of fused-ring (bicyclic) bond motifs is 3. The van der Waals surface area contributed by atoms with Crippen LogP contribution in [0.4, 0.5) is 5.69 Å². The SMILES string of the molecule is CC1=Cc2c(c3ccccnc-3c2N2CCN(C)[C@@H](CCc3ccccc3)C2)SS1.Cl.Cl. The number of aryl methyl sites for hydroxylation is 1. The maximum Gasteiger partial charge on any atom is 0.0953 e. The van der Waals surface area contributed by atoms with E-state index >= 15 is 0 Å². The second-order valence-electron chi connectivity index (χ2n) is 8.21. The number of allylic oxidation sites excluding steroid dienone is 1. The smallest absolute Gasteiger partial charge is 0.0953 e. The number of rotatable bonds is 4. The van der Waals surface area contributed by atoms with Crippen LogP contribution in [0.3, 0.4) is 0 Å². The number of halogens is 2. The molecule has 0 N–H and O–H groups in total. The van der Waals surface area contributed by atoms with Gasteiger partial charge in [0.1, 0.15) is 0 Å². The van der Waals surface area contributed by atoms with Gasteiger partial charge in [-0.1, -0.05) is 64.1 Å². The molecule has 3 nitrogen and oxygen atoms in total. The van der Waals surface area contributed by atoms with E-state index in [9.17, 15) is 0 Å². The lowest BCUT2D eigenvalue weighted by molar-refractivity contribution is 0.208. The summed E-state index contributed by atoms with van der Waals surface area (Å²) in [5.74, 6) is 0. The highest BCUT2D eigenvalue weighted by molar-refractivity contribution is 8.78. The van der Waals surface area contributed by atoms with Crippen LogP contribution in [0.25, 0.3) is 17.3 Å². The van der Waals surface area contributed by atoms with Gasteiger partial charge in [0.05, 0.1) is 11.4 Å². The molecule has 1 aromatic rings. The average molecular weight is 507 g/mol. The minimum atomic E-state index is 0. The first kappa shape index (κ1) is 25.3. The Morgan fingerprint density at radius 2 is 1.78 bits per heavy atom. The van der Waals surface area contributed by atoms with Crippen molar-refractivity contribution in [2.24, 2.45) is 0 Å². The van der Waals surface area contributed by atoms with E-state index in [2.05, 4.69) is 72.3 Å². The van der Waals surface area contributed by atoms with Crippen molar-refractivity contribution in [2.75, 3.05) is 31.6 Å². The highest BCUT2D eigenvalue weighted by Crippen LogP contribution is 2.55. The van der Waals surface area contributed by atoms with Gasteiger partial charge in [0.25, 0.3) is 0 Å². The molecular weight excluding hydrogens is 477 g/mol. The maximum atomic E-state index is 4.88. The molecular formula is C25H29Cl2N3S2. The monoisotopic (exact) mass is 505 g/mol. The van der Waals surface area contributed by atoms with E-state index in [1.807, 2.05) is 33.9 Å². The van der Waals surface area contributed by atoms with Crippen LogP contribution in [0.15, 0.2) is 64.5 Å². The Labute approximate surface area is 211 Å². The van der Waals surface area contributed by atoms with Crippen molar-refractivity contribution in [3.63, 3.8) is 0 Å². The first-order valence-electron chi connectivity index (χ1n) is 10.6. The Morgan fingerprint density at radius 3 is 2.59 bits per heavy atom. The van der Waals surface area contributed by atoms with Gasteiger partial charge in [-0.2, -0.15) is 0 Å². The standard InChI is InChI=1S/C25H27N3S2.2ClH/c1-18-16-22-24(23-21(25(22)30-29-18)10-6-7-13-26-23)28-15-14-27(2)20(17-28)12-11-19-8-4-3-5-9-19;;/h3-10,13,16,20H,11-12,14-15,17H2,1-2H3;2*1H/t20-;;/m0../s1. The topological polar surface area (TPSA) is 19.4 Å². The number of aromatic nitrogens is 1. The number of benzene rings is 1. The molecule has 3 heterocycles. The molecule has 1 saturated heterocycles. The lowest BCUT2D eigenvalue weighted by Gasteiger charge is -2.41. The Morgan fingerprint density at radius 1 is 1.00 bits per heavy atom. The molecule has 1 aliphatic carbocycles. The van der Waals surface area contributed by atoms with E-state index in [-0.39, 0.29) is 24.8 Å². The molecule has 1 aromatic carbocycles. The molecule has 7 heteroatoms. The summed E-state index contributed by atoms with van der Waals surface area (Å²) in [7, 11) is 6.03. The van der Waals surface area contributed by atoms with Crippen molar-refractivity contribution in [3.05, 3.63) is 70.8 Å². The van der Waals surface area contributed by atoms with Crippen LogP contribution in [-0.2, 0) is 6.42 Å². The molecule has 0 aromatic heterocycles. The minimum absolute atomic E-state index is 0. The fourth-order valence-electron chi connectivity index (χ4n) is 4.54. The van der Waals surface area contributed by atoms with Gasteiger partial charge in [0, 0.05) is 47.9 Å². The highest BCUT2D eigenvalue weighted by atomic mass is 35.5. The predicted octanol–water partition coefficient (Wildman–Crippen LogP) is 6.90. The molecule has 4 aliphatic rings. The van der Waals surface area contributed by atoms with Gasteiger partial charge in [-0.15, -0.1) is 24.8 Å². The van der Waals surface area contributed by atoms with Gasteiger partial charge in [-0.3, -0.25) is 9.88 Å². The van der Waals surface area contributed by atoms with E-state index in [4.69, 9.17) is 4.98 Å². The fourth-order valence-corrected chi connectivity index (χ4v) is 6.74. The molecule has 170 valence electrons. The fraction of sp³-hybridized carbons (Fsp3) is 0.320. The number of hydrogen-bond acceptors (Lipinski definition) is 5. The van der Waals surface area contributed by atoms with Crippen LogP contribution in [0.5, 0.6) is 0 Å². The summed E-state index contributed by atoms with van der Waals surface area (Å²) in [4.78, 5) is 12.8. The molecule has 1 fully saturated rings. The zero-order valence-electron chi connectivity index (χ0n) is 18.4. The van der Waals surface area contributed by atoms with E-state index in [0.717, 1.165) is 31.7 Å². The second-order valence-corrected chi connectivity index (χ2v) is 10.6. The Balaban J connectivity index is 0.00000144. The van der Waals surface area contributed by atoms with Crippen molar-refractivity contribution in [1.29, 1.82) is 0 Å². The predicted molar refractivity (Wildman–Crippen MR) is 146 cm³/mol. The molecule has 0 saturated carbocycles. The Bertz CT molecular complexity index is 1040. The summed E-state index contributed by atoms with van der Waals surface area (Å²) in [6, 6.07) is 17.8. The van der Waals surface area contributed by atoms with Gasteiger partial charge in [0.15, 0.2) is 0 Å². The first-order chi connectivity index (χ1) is 14.7. The molecule has 0 amide bonds. The average Bonchev–Trinajstić information content (AvgIpc) is 2.90. The molecule has 0 radical (unpaired) electrons. The summed E-state index contributed by atoms with van der Waals surface area (Å²) in [5.41, 5.74) is 6.57. The summed E-state index contributed by atoms with van der Waals surface area (Å²) in [6.45, 7) is 5.40. The largest absolute Gasteiger partial charge is 0.366 e. The number of nitrogens with zero attached hydrogens (tertiary/aromatic N) is 3. The zero-order chi connectivity index (χ0) is 20.5. The Kier molecular flexibility index (Phi) is 8.82. The van der Waals surface area contributed by atoms with Crippen LogP contribution in [0, 0.1) is 0 Å². The van der Waals surface area contributed by atoms with Gasteiger partial charge in [0.2, 0.25) is 0 Å². The quantitative estimate of drug-likeness (QED) is 0.358. The van der Waals surface area contributed by atoms with Crippen molar-refractivity contribution in [2.45, 2.75) is 30.7 Å². The highest BCUT2D eigenvalue weighted by Gasteiger charge is 2.32. The van der Waals surface area contributed by atoms with E-state index in [1.54, 1.807) is 0 Å². The molecule has 0 spiro atoms. The van der Waals surface area contributed by atoms with Crippen molar-refractivity contribution in [3.8, 4) is 11.3 Å². The van der Waals surface area contributed by atoms with Crippen LogP contribution in [-0.4, -0.2) is 42.6 Å². The lowest BCUT2D eigenvalue weighted by atomic mass is 10.0. The molecule has 32 heavy (non-hydrogen) atoms. The summed E-state index contributed by atoms with van der Waals surface area (Å²) in [5, 5.41) is 0. The number of anilines is 1. The van der Waals surface area contributed by atoms with Gasteiger partial charge >= 0.3 is 0 Å². The van der Waals surface area contributed by atoms with Gasteiger partial charge in [-0.05, 0) is 49.4 Å². The van der Waals surface area contributed by atoms with E-state index in [0.29, 0.717) is 6.04 Å². The molecule has 0 bridgehead atoms. The van der Waals surface area contributed by atoms with Crippen LogP contribution < -0.4 is 4.90 Å². The molecule has 3 aliphatic heterocycles. The Hall–Kier alpha value is -1.37. The van der Waals surface area contributed by atoms with E-state index in [1.165, 1.54) is 38.6 Å². The summed E-state index contributed by atoms with van der Waals surface area (Å²) >= 11 is 0. The normalized spacial score (nSPS) is 18.4.